The number of nitrogens with two attached hydrogens (primary N) is 1. The third kappa shape index (κ3) is 3.98. The Morgan fingerprint density at radius 1 is 1.73 bits per heavy atom. The van der Waals surface area contributed by atoms with Gasteiger partial charge in [-0.2, -0.15) is 0 Å². The van der Waals surface area contributed by atoms with E-state index in [4.69, 9.17) is 5.21 Å². The summed E-state index contributed by atoms with van der Waals surface area (Å²) in [4.78, 5) is 20.5. The van der Waals surface area contributed by atoms with Crippen LogP contribution in [-0.4, -0.2) is 29.1 Å². The SMILES string of the molecule is CCOC(=O)NN(O)C(N)=O. The van der Waals surface area contributed by atoms with Crippen LogP contribution in [0.25, 0.3) is 0 Å². The monoisotopic (exact) mass is 163 g/mol. The molecule has 4 N–H and O–H groups in total. The van der Waals surface area contributed by atoms with Crippen LogP contribution < -0.4 is 11.2 Å². The molecule has 0 heterocycles. The normalized spacial score (nSPS) is 8.55. The molecule has 0 aromatic heterocycles. The highest BCUT2D eigenvalue weighted by Gasteiger charge is 2.09. The third-order valence-corrected chi connectivity index (χ3v) is 0.681. The molecule has 0 aliphatic heterocycles. The Morgan fingerprint density at radius 2 is 2.27 bits per heavy atom. The Bertz CT molecular complexity index is 159. The first-order valence-corrected chi connectivity index (χ1v) is 2.79. The molecule has 0 aromatic rings. The van der Waals surface area contributed by atoms with Gasteiger partial charge >= 0.3 is 12.1 Å². The smallest absolute Gasteiger partial charge is 0.428 e. The Labute approximate surface area is 62.6 Å². The van der Waals surface area contributed by atoms with Gasteiger partial charge in [-0.15, -0.1) is 5.17 Å². The van der Waals surface area contributed by atoms with E-state index in [9.17, 15) is 9.59 Å². The molecule has 0 radical (unpaired) electrons. The maximum absolute atomic E-state index is 10.4. The first-order chi connectivity index (χ1) is 5.07. The number of hydrogen-bond donors (Lipinski definition) is 3. The Balaban J connectivity index is 3.66. The Morgan fingerprint density at radius 3 is 2.64 bits per heavy atom. The maximum atomic E-state index is 10.4. The molecular formula is C4H9N3O4. The summed E-state index contributed by atoms with van der Waals surface area (Å²) in [5.41, 5.74) is 6.18. The zero-order valence-corrected chi connectivity index (χ0v) is 5.90. The number of nitrogens with one attached hydrogen (secondary N) is 1. The molecule has 11 heavy (non-hydrogen) atoms. The lowest BCUT2D eigenvalue weighted by Crippen LogP contribution is -2.46. The summed E-state index contributed by atoms with van der Waals surface area (Å²) in [6, 6.07) is -1.20. The van der Waals surface area contributed by atoms with Crippen LogP contribution >= 0.6 is 0 Å². The van der Waals surface area contributed by atoms with E-state index in [1.807, 2.05) is 0 Å². The van der Waals surface area contributed by atoms with Gasteiger partial charge < -0.3 is 10.5 Å². The van der Waals surface area contributed by atoms with Crippen molar-refractivity contribution < 1.29 is 19.5 Å². The second-order valence-electron chi connectivity index (χ2n) is 1.48. The zero-order chi connectivity index (χ0) is 8.85. The van der Waals surface area contributed by atoms with Crippen molar-refractivity contribution in [1.82, 2.24) is 10.6 Å². The van der Waals surface area contributed by atoms with Gasteiger partial charge in [-0.05, 0) is 6.92 Å². The number of amides is 3. The number of carbonyl (C=O) groups excluding carboxylic acids is 2. The number of hydrogen-bond acceptors (Lipinski definition) is 4. The summed E-state index contributed by atoms with van der Waals surface area (Å²) in [7, 11) is 0. The second-order valence-corrected chi connectivity index (χ2v) is 1.48. The van der Waals surface area contributed by atoms with Crippen molar-refractivity contribution in [2.24, 2.45) is 5.73 Å². The maximum Gasteiger partial charge on any atom is 0.428 e. The minimum absolute atomic E-state index is 0.137. The Hall–Kier alpha value is -1.50. The van der Waals surface area contributed by atoms with E-state index in [0.29, 0.717) is 0 Å². The predicted octanol–water partition coefficient (Wildman–Crippen LogP) is -0.583. The van der Waals surface area contributed by atoms with E-state index >= 15 is 0 Å². The molecule has 3 amide bonds. The number of rotatable bonds is 1. The molecular weight excluding hydrogens is 154 g/mol. The van der Waals surface area contributed by atoms with Crippen LogP contribution in [0.4, 0.5) is 9.59 Å². The fourth-order valence-corrected chi connectivity index (χ4v) is 0.305. The lowest BCUT2D eigenvalue weighted by Gasteiger charge is -2.11. The van der Waals surface area contributed by atoms with Crippen molar-refractivity contribution in [3.8, 4) is 0 Å². The second kappa shape index (κ2) is 4.34. The van der Waals surface area contributed by atoms with E-state index in [1.54, 1.807) is 12.3 Å². The molecule has 7 nitrogen and oxygen atoms in total. The highest BCUT2D eigenvalue weighted by atomic mass is 16.6. The fraction of sp³-hybridized carbons (Fsp3) is 0.500. The molecule has 64 valence electrons. The quantitative estimate of drug-likeness (QED) is 0.355. The van der Waals surface area contributed by atoms with Gasteiger partial charge in [-0.25, -0.2) is 15.0 Å². The van der Waals surface area contributed by atoms with E-state index in [2.05, 4.69) is 10.5 Å². The zero-order valence-electron chi connectivity index (χ0n) is 5.90. The predicted molar refractivity (Wildman–Crippen MR) is 33.4 cm³/mol. The van der Waals surface area contributed by atoms with E-state index in [0.717, 1.165) is 0 Å². The number of hydrazine groups is 1. The van der Waals surface area contributed by atoms with Crippen molar-refractivity contribution in [3.05, 3.63) is 0 Å². The van der Waals surface area contributed by atoms with Gasteiger partial charge in [-0.3, -0.25) is 5.21 Å². The molecule has 0 spiro atoms. The lowest BCUT2D eigenvalue weighted by atomic mass is 10.9. The van der Waals surface area contributed by atoms with E-state index in [1.165, 1.54) is 0 Å². The molecule has 0 aliphatic rings. The number of ether oxygens (including phenoxy) is 1. The van der Waals surface area contributed by atoms with Gasteiger partial charge in [0.1, 0.15) is 0 Å². The highest BCUT2D eigenvalue weighted by Crippen LogP contribution is 1.78. The summed E-state index contributed by atoms with van der Waals surface area (Å²) < 4.78 is 4.30. The molecule has 0 fully saturated rings. The number of nitrogens with zero attached hydrogens (tertiary/aromatic N) is 1. The topological polar surface area (TPSA) is 105 Å². The van der Waals surface area contributed by atoms with Gasteiger partial charge in [0.15, 0.2) is 0 Å². The summed E-state index contributed by atoms with van der Waals surface area (Å²) >= 11 is 0. The molecule has 0 atom stereocenters. The van der Waals surface area contributed by atoms with Crippen LogP contribution in [0.5, 0.6) is 0 Å². The lowest BCUT2D eigenvalue weighted by molar-refractivity contribution is -0.0783. The van der Waals surface area contributed by atoms with Crippen LogP contribution in [-0.2, 0) is 4.74 Å². The number of carbonyl (C=O) groups is 2. The van der Waals surface area contributed by atoms with Gasteiger partial charge in [0.05, 0.1) is 6.61 Å². The summed E-state index contributed by atoms with van der Waals surface area (Å²) in [6.45, 7) is 1.71. The molecule has 0 bridgehead atoms. The number of primary amides is 1. The number of hydroxylamine groups is 1. The minimum atomic E-state index is -1.20. The molecule has 0 saturated carbocycles. The largest absolute Gasteiger partial charge is 0.449 e. The van der Waals surface area contributed by atoms with E-state index < -0.39 is 12.1 Å². The molecule has 0 saturated heterocycles. The van der Waals surface area contributed by atoms with Crippen molar-refractivity contribution in [3.63, 3.8) is 0 Å². The van der Waals surface area contributed by atoms with Gasteiger partial charge in [-0.1, -0.05) is 0 Å². The molecule has 0 unspecified atom stereocenters. The average molecular weight is 163 g/mol. The molecule has 7 heteroatoms. The molecule has 0 rings (SSSR count). The summed E-state index contributed by atoms with van der Waals surface area (Å²) in [5.74, 6) is 0. The average Bonchev–Trinajstić information content (AvgIpc) is 1.87. The van der Waals surface area contributed by atoms with Crippen molar-refractivity contribution in [2.45, 2.75) is 6.92 Å². The van der Waals surface area contributed by atoms with Crippen molar-refractivity contribution in [2.75, 3.05) is 6.61 Å². The standard InChI is InChI=1S/C4H9N3O4/c1-2-11-4(9)6-7(10)3(5)8/h10H,2H2,1H3,(H2,5,8)(H,6,9). The first-order valence-electron chi connectivity index (χ1n) is 2.79. The van der Waals surface area contributed by atoms with Crippen LogP contribution in [0.15, 0.2) is 0 Å². The van der Waals surface area contributed by atoms with Gasteiger partial charge in [0.2, 0.25) is 0 Å². The summed E-state index contributed by atoms with van der Waals surface area (Å²) in [6.07, 6.45) is -0.950. The highest BCUT2D eigenvalue weighted by molar-refractivity contribution is 5.75. The molecule has 0 aliphatic carbocycles. The van der Waals surface area contributed by atoms with Crippen molar-refractivity contribution in [1.29, 1.82) is 0 Å². The van der Waals surface area contributed by atoms with Crippen LogP contribution in [0.3, 0.4) is 0 Å². The Kier molecular flexibility index (Phi) is 3.75. The third-order valence-electron chi connectivity index (χ3n) is 0.681. The van der Waals surface area contributed by atoms with Gasteiger partial charge in [0.25, 0.3) is 0 Å². The fourth-order valence-electron chi connectivity index (χ4n) is 0.305. The number of urea groups is 1. The van der Waals surface area contributed by atoms with Crippen LogP contribution in [0, 0.1) is 0 Å². The first kappa shape index (κ1) is 9.50. The minimum Gasteiger partial charge on any atom is -0.449 e. The van der Waals surface area contributed by atoms with Crippen LogP contribution in [0.2, 0.25) is 0 Å². The van der Waals surface area contributed by atoms with Crippen molar-refractivity contribution >= 4 is 12.1 Å². The summed E-state index contributed by atoms with van der Waals surface area (Å²) in [5, 5.41) is 8.30. The van der Waals surface area contributed by atoms with Gasteiger partial charge in [0, 0.05) is 0 Å². The van der Waals surface area contributed by atoms with E-state index in [-0.39, 0.29) is 11.8 Å². The van der Waals surface area contributed by atoms with Crippen LogP contribution in [0.1, 0.15) is 6.92 Å². The molecule has 0 aromatic carbocycles.